The van der Waals surface area contributed by atoms with Crippen molar-refractivity contribution in [1.29, 1.82) is 0 Å². The van der Waals surface area contributed by atoms with Crippen molar-refractivity contribution in [2.24, 2.45) is 0 Å². The van der Waals surface area contributed by atoms with E-state index in [0.717, 1.165) is 10.0 Å². The van der Waals surface area contributed by atoms with Gasteiger partial charge in [-0.1, -0.05) is 33.6 Å². The maximum Gasteiger partial charge on any atom is 0.126 e. The summed E-state index contributed by atoms with van der Waals surface area (Å²) >= 11 is 8.73. The lowest BCUT2D eigenvalue weighted by Crippen LogP contribution is -2.00. The Kier molecular flexibility index (Phi) is 5.15. The summed E-state index contributed by atoms with van der Waals surface area (Å²) in [6, 6.07) is 5.52. The zero-order chi connectivity index (χ0) is 11.3. The third-order valence-electron chi connectivity index (χ3n) is 1.85. The second-order valence-corrected chi connectivity index (χ2v) is 4.20. The van der Waals surface area contributed by atoms with Crippen LogP contribution in [0, 0.1) is 0 Å². The summed E-state index contributed by atoms with van der Waals surface area (Å²) in [6.45, 7) is 2.09. The second-order valence-electron chi connectivity index (χ2n) is 3.03. The Balaban J connectivity index is 2.86. The molecule has 0 aliphatic rings. The van der Waals surface area contributed by atoms with E-state index in [9.17, 15) is 5.11 Å². The third-order valence-corrected chi connectivity index (χ3v) is 2.52. The summed E-state index contributed by atoms with van der Waals surface area (Å²) in [6.07, 6.45) is 1.14. The molecule has 0 saturated carbocycles. The maximum atomic E-state index is 9.51. The molecule has 0 fully saturated rings. The SMILES string of the molecule is CC(O)c1ccc(Br)cc1OC/C=C/Cl. The van der Waals surface area contributed by atoms with Crippen LogP contribution in [0.5, 0.6) is 5.75 Å². The van der Waals surface area contributed by atoms with Crippen LogP contribution >= 0.6 is 27.5 Å². The molecule has 1 aromatic carbocycles. The number of benzene rings is 1. The number of ether oxygens (including phenoxy) is 1. The van der Waals surface area contributed by atoms with Gasteiger partial charge in [-0.15, -0.1) is 0 Å². The Morgan fingerprint density at radius 2 is 2.33 bits per heavy atom. The van der Waals surface area contributed by atoms with Crippen molar-refractivity contribution in [2.75, 3.05) is 6.61 Å². The Hall–Kier alpha value is -0.510. The molecule has 1 aromatic rings. The minimum Gasteiger partial charge on any atom is -0.489 e. The summed E-state index contributed by atoms with van der Waals surface area (Å²) < 4.78 is 6.37. The zero-order valence-corrected chi connectivity index (χ0v) is 10.6. The van der Waals surface area contributed by atoms with Crippen LogP contribution in [0.3, 0.4) is 0 Å². The molecular formula is C11H12BrClO2. The van der Waals surface area contributed by atoms with Gasteiger partial charge in [-0.3, -0.25) is 0 Å². The smallest absolute Gasteiger partial charge is 0.126 e. The predicted molar refractivity (Wildman–Crippen MR) is 65.3 cm³/mol. The highest BCUT2D eigenvalue weighted by Gasteiger charge is 2.08. The Bertz CT molecular complexity index is 350. The number of hydrogen-bond acceptors (Lipinski definition) is 2. The average Bonchev–Trinajstić information content (AvgIpc) is 2.18. The highest BCUT2D eigenvalue weighted by Crippen LogP contribution is 2.28. The van der Waals surface area contributed by atoms with E-state index in [1.54, 1.807) is 13.0 Å². The summed E-state index contributed by atoms with van der Waals surface area (Å²) in [7, 11) is 0. The normalized spacial score (nSPS) is 13.1. The van der Waals surface area contributed by atoms with Crippen molar-refractivity contribution < 1.29 is 9.84 Å². The number of aliphatic hydroxyl groups excluding tert-OH is 1. The summed E-state index contributed by atoms with van der Waals surface area (Å²) in [4.78, 5) is 0. The first-order chi connectivity index (χ1) is 7.15. The highest BCUT2D eigenvalue weighted by molar-refractivity contribution is 9.10. The molecule has 15 heavy (non-hydrogen) atoms. The molecule has 1 rings (SSSR count). The molecule has 0 spiro atoms. The van der Waals surface area contributed by atoms with Gasteiger partial charge in [0.2, 0.25) is 0 Å². The fourth-order valence-electron chi connectivity index (χ4n) is 1.15. The lowest BCUT2D eigenvalue weighted by Gasteiger charge is -2.12. The fourth-order valence-corrected chi connectivity index (χ4v) is 1.57. The van der Waals surface area contributed by atoms with Crippen LogP contribution in [0.2, 0.25) is 0 Å². The standard InChI is InChI=1S/C11H12BrClO2/c1-8(14)10-4-3-9(12)7-11(10)15-6-2-5-13/h2-5,7-8,14H,6H2,1H3/b5-2+. The molecule has 1 unspecified atom stereocenters. The van der Waals surface area contributed by atoms with E-state index in [-0.39, 0.29) is 0 Å². The van der Waals surface area contributed by atoms with Crippen LogP contribution in [-0.2, 0) is 0 Å². The summed E-state index contributed by atoms with van der Waals surface area (Å²) in [5.74, 6) is 0.661. The number of hydrogen-bond donors (Lipinski definition) is 1. The van der Waals surface area contributed by atoms with Crippen LogP contribution in [0.25, 0.3) is 0 Å². The van der Waals surface area contributed by atoms with Crippen molar-refractivity contribution >= 4 is 27.5 Å². The van der Waals surface area contributed by atoms with Gasteiger partial charge in [0.05, 0.1) is 6.10 Å². The van der Waals surface area contributed by atoms with E-state index in [0.29, 0.717) is 12.4 Å². The maximum absolute atomic E-state index is 9.51. The van der Waals surface area contributed by atoms with Gasteiger partial charge in [0, 0.05) is 15.6 Å². The first kappa shape index (κ1) is 12.6. The first-order valence-electron chi connectivity index (χ1n) is 4.50. The van der Waals surface area contributed by atoms with Gasteiger partial charge in [-0.25, -0.2) is 0 Å². The van der Waals surface area contributed by atoms with Crippen LogP contribution in [0.1, 0.15) is 18.6 Å². The minimum atomic E-state index is -0.548. The monoisotopic (exact) mass is 290 g/mol. The van der Waals surface area contributed by atoms with Gasteiger partial charge < -0.3 is 9.84 Å². The van der Waals surface area contributed by atoms with E-state index in [1.807, 2.05) is 18.2 Å². The number of aliphatic hydroxyl groups is 1. The lowest BCUT2D eigenvalue weighted by molar-refractivity contribution is 0.193. The molecule has 0 heterocycles. The molecule has 1 N–H and O–H groups in total. The number of rotatable bonds is 4. The van der Waals surface area contributed by atoms with Crippen molar-refractivity contribution in [3.63, 3.8) is 0 Å². The summed E-state index contributed by atoms with van der Waals surface area (Å²) in [5.41, 5.74) is 2.17. The van der Waals surface area contributed by atoms with Crippen molar-refractivity contribution in [3.05, 3.63) is 39.8 Å². The zero-order valence-electron chi connectivity index (χ0n) is 8.28. The van der Waals surface area contributed by atoms with E-state index < -0.39 is 6.10 Å². The van der Waals surface area contributed by atoms with Gasteiger partial charge in [0.25, 0.3) is 0 Å². The van der Waals surface area contributed by atoms with E-state index in [4.69, 9.17) is 16.3 Å². The molecule has 0 aliphatic heterocycles. The quantitative estimate of drug-likeness (QED) is 0.918. The first-order valence-corrected chi connectivity index (χ1v) is 5.73. The van der Waals surface area contributed by atoms with Crippen LogP contribution < -0.4 is 4.74 Å². The molecule has 0 radical (unpaired) electrons. The van der Waals surface area contributed by atoms with Gasteiger partial charge in [0.15, 0.2) is 0 Å². The van der Waals surface area contributed by atoms with Gasteiger partial charge >= 0.3 is 0 Å². The second kappa shape index (κ2) is 6.16. The van der Waals surface area contributed by atoms with E-state index in [2.05, 4.69) is 15.9 Å². The van der Waals surface area contributed by atoms with Crippen LogP contribution in [-0.4, -0.2) is 11.7 Å². The molecular weight excluding hydrogens is 279 g/mol. The van der Waals surface area contributed by atoms with Gasteiger partial charge in [0.1, 0.15) is 12.4 Å². The molecule has 1 atom stereocenters. The van der Waals surface area contributed by atoms with Gasteiger partial charge in [-0.2, -0.15) is 0 Å². The topological polar surface area (TPSA) is 29.5 Å². The lowest BCUT2D eigenvalue weighted by atomic mass is 10.1. The predicted octanol–water partition coefficient (Wildman–Crippen LogP) is 3.63. The van der Waals surface area contributed by atoms with Crippen molar-refractivity contribution in [2.45, 2.75) is 13.0 Å². The molecule has 0 aromatic heterocycles. The van der Waals surface area contributed by atoms with Crippen LogP contribution in [0.15, 0.2) is 34.3 Å². The Morgan fingerprint density at radius 1 is 1.60 bits per heavy atom. The highest BCUT2D eigenvalue weighted by atomic mass is 79.9. The molecule has 82 valence electrons. The van der Waals surface area contributed by atoms with E-state index >= 15 is 0 Å². The van der Waals surface area contributed by atoms with Crippen LogP contribution in [0.4, 0.5) is 0 Å². The molecule has 2 nitrogen and oxygen atoms in total. The molecule has 0 amide bonds. The number of halogens is 2. The van der Waals surface area contributed by atoms with Crippen molar-refractivity contribution in [3.8, 4) is 5.75 Å². The Morgan fingerprint density at radius 3 is 2.93 bits per heavy atom. The molecule has 0 bridgehead atoms. The van der Waals surface area contributed by atoms with Crippen molar-refractivity contribution in [1.82, 2.24) is 0 Å². The molecule has 4 heteroatoms. The molecule has 0 saturated heterocycles. The Labute approximate surface area is 103 Å². The average molecular weight is 292 g/mol. The third kappa shape index (κ3) is 3.86. The van der Waals surface area contributed by atoms with E-state index in [1.165, 1.54) is 5.54 Å². The molecule has 0 aliphatic carbocycles. The fraction of sp³-hybridized carbons (Fsp3) is 0.273. The minimum absolute atomic E-state index is 0.389. The summed E-state index contributed by atoms with van der Waals surface area (Å²) in [5, 5.41) is 9.51. The largest absolute Gasteiger partial charge is 0.489 e. The van der Waals surface area contributed by atoms with Gasteiger partial charge in [-0.05, 0) is 25.1 Å².